The molecule has 0 saturated carbocycles. The molecule has 1 aromatic carbocycles. The van der Waals surface area contributed by atoms with Gasteiger partial charge < -0.3 is 35.2 Å². The van der Waals surface area contributed by atoms with Crippen LogP contribution in [-0.2, 0) is 19.1 Å². The van der Waals surface area contributed by atoms with Gasteiger partial charge in [-0.05, 0) is 24.6 Å². The van der Waals surface area contributed by atoms with Crippen molar-refractivity contribution < 1.29 is 53.1 Å². The van der Waals surface area contributed by atoms with E-state index in [-0.39, 0.29) is 24.3 Å². The number of rotatable bonds is 14. The van der Waals surface area contributed by atoms with Crippen LogP contribution in [0.5, 0.6) is 5.75 Å². The highest BCUT2D eigenvalue weighted by molar-refractivity contribution is 5.95. The summed E-state index contributed by atoms with van der Waals surface area (Å²) < 4.78 is 37.8. The van der Waals surface area contributed by atoms with Gasteiger partial charge in [0.05, 0.1) is 11.5 Å². The summed E-state index contributed by atoms with van der Waals surface area (Å²) in [6.07, 6.45) is -3.72. The molecule has 10 nitrogen and oxygen atoms in total. The Morgan fingerprint density at radius 2 is 1.84 bits per heavy atom. The number of unbranched alkanes of at least 4 members (excludes halogenated alkanes) is 3. The quantitative estimate of drug-likeness (QED) is 0.176. The molecule has 38 heavy (non-hydrogen) atoms. The number of aliphatic hydroxyl groups excluding tert-OH is 3. The van der Waals surface area contributed by atoms with Crippen LogP contribution in [0, 0.1) is 18.3 Å². The van der Waals surface area contributed by atoms with E-state index < -0.39 is 66.2 Å². The first-order valence-electron chi connectivity index (χ1n) is 12.3. The summed E-state index contributed by atoms with van der Waals surface area (Å²) in [5, 5.41) is 41.4. The van der Waals surface area contributed by atoms with E-state index in [1.54, 1.807) is 0 Å². The average molecular weight is 542 g/mol. The molecule has 1 saturated heterocycles. The number of aliphatic hydroxyl groups is 3. The highest BCUT2D eigenvalue weighted by atomic mass is 19.3. The van der Waals surface area contributed by atoms with Crippen molar-refractivity contribution in [3.8, 4) is 18.1 Å². The van der Waals surface area contributed by atoms with Gasteiger partial charge in [-0.3, -0.25) is 9.59 Å². The summed E-state index contributed by atoms with van der Waals surface area (Å²) in [7, 11) is 0. The Balaban J connectivity index is 2.14. The molecule has 0 aliphatic carbocycles. The van der Waals surface area contributed by atoms with Gasteiger partial charge in [-0.15, -0.1) is 12.3 Å². The van der Waals surface area contributed by atoms with E-state index in [2.05, 4.69) is 11.2 Å². The molecule has 1 aliphatic rings. The van der Waals surface area contributed by atoms with Crippen LogP contribution in [0.3, 0.4) is 0 Å². The summed E-state index contributed by atoms with van der Waals surface area (Å²) in [4.78, 5) is 36.3. The molecule has 210 valence electrons. The maximum Gasteiger partial charge on any atom is 0.335 e. The largest absolute Gasteiger partial charge is 0.479 e. The summed E-state index contributed by atoms with van der Waals surface area (Å²) in [5.74, 6) is -1.42. The fourth-order valence-electron chi connectivity index (χ4n) is 3.95. The van der Waals surface area contributed by atoms with Gasteiger partial charge in [-0.2, -0.15) is 0 Å². The average Bonchev–Trinajstić information content (AvgIpc) is 2.87. The molecule has 0 spiro atoms. The second-order valence-corrected chi connectivity index (χ2v) is 9.05. The molecule has 12 heteroatoms. The van der Waals surface area contributed by atoms with Crippen molar-refractivity contribution in [2.45, 2.75) is 89.0 Å². The summed E-state index contributed by atoms with van der Waals surface area (Å²) in [6, 6.07) is 3.16. The van der Waals surface area contributed by atoms with Crippen LogP contribution in [0.15, 0.2) is 18.2 Å². The van der Waals surface area contributed by atoms with Gasteiger partial charge in [0.1, 0.15) is 29.8 Å². The van der Waals surface area contributed by atoms with Crippen LogP contribution in [0.25, 0.3) is 0 Å². The first-order chi connectivity index (χ1) is 18.0. The lowest BCUT2D eigenvalue weighted by molar-refractivity contribution is -0.271. The minimum atomic E-state index is -3.13. The smallest absolute Gasteiger partial charge is 0.335 e. The number of benzene rings is 1. The standard InChI is InChI=1S/C26H33F2NO9/c1-3-5-6-7-9-16(30)12-14(8-4-2)24(34)29-15-10-11-18(17(13-15)23(27)28)37-26-21(33)19(31)20(32)22(38-26)25(35)36/h2,10-11,13-14,19-23,26,31-33H,3,5-9,12H2,1H3,(H,29,34)(H,35,36). The second-order valence-electron chi connectivity index (χ2n) is 9.05. The maximum atomic E-state index is 13.8. The van der Waals surface area contributed by atoms with Crippen LogP contribution < -0.4 is 10.1 Å². The van der Waals surface area contributed by atoms with E-state index in [1.165, 1.54) is 6.07 Å². The van der Waals surface area contributed by atoms with E-state index in [4.69, 9.17) is 21.0 Å². The van der Waals surface area contributed by atoms with Crippen LogP contribution in [0.1, 0.15) is 63.9 Å². The summed E-state index contributed by atoms with van der Waals surface area (Å²) >= 11 is 0. The molecular weight excluding hydrogens is 508 g/mol. The molecule has 5 N–H and O–H groups in total. The van der Waals surface area contributed by atoms with Crippen molar-refractivity contribution >= 4 is 23.3 Å². The highest BCUT2D eigenvalue weighted by Crippen LogP contribution is 2.34. The molecule has 1 aromatic rings. The number of hydrogen-bond acceptors (Lipinski definition) is 8. The van der Waals surface area contributed by atoms with Crippen LogP contribution in [0.2, 0.25) is 0 Å². The number of amides is 1. The molecule has 1 heterocycles. The number of halogens is 2. The normalized spacial score (nSPS) is 23.9. The number of ether oxygens (including phenoxy) is 2. The molecule has 6 atom stereocenters. The Labute approximate surface area is 218 Å². The number of nitrogens with one attached hydrogen (secondary N) is 1. The molecular formula is C26H33F2NO9. The van der Waals surface area contributed by atoms with Crippen molar-refractivity contribution in [1.82, 2.24) is 0 Å². The van der Waals surface area contributed by atoms with Gasteiger partial charge in [-0.1, -0.05) is 26.2 Å². The van der Waals surface area contributed by atoms with E-state index in [0.717, 1.165) is 31.4 Å². The number of aliphatic carboxylic acids is 1. The van der Waals surface area contributed by atoms with Crippen molar-refractivity contribution in [2.75, 3.05) is 5.32 Å². The number of carbonyl (C=O) groups is 3. The molecule has 1 fully saturated rings. The Morgan fingerprint density at radius 1 is 1.13 bits per heavy atom. The van der Waals surface area contributed by atoms with Gasteiger partial charge in [0, 0.05) is 24.9 Å². The topological polar surface area (TPSA) is 163 Å². The zero-order valence-corrected chi connectivity index (χ0v) is 20.9. The summed E-state index contributed by atoms with van der Waals surface area (Å²) in [6.45, 7) is 2.05. The highest BCUT2D eigenvalue weighted by Gasteiger charge is 2.48. The third-order valence-electron chi connectivity index (χ3n) is 6.09. The number of hydrogen-bond donors (Lipinski definition) is 5. The Kier molecular flexibility index (Phi) is 12.1. The Morgan fingerprint density at radius 3 is 2.45 bits per heavy atom. The second kappa shape index (κ2) is 14.7. The predicted octanol–water partition coefficient (Wildman–Crippen LogP) is 2.40. The lowest BCUT2D eigenvalue weighted by Crippen LogP contribution is -2.61. The number of carboxylic acid groups (broad SMARTS) is 1. The summed E-state index contributed by atoms with van der Waals surface area (Å²) in [5.41, 5.74) is -0.773. The van der Waals surface area contributed by atoms with Crippen LogP contribution in [0.4, 0.5) is 14.5 Å². The number of Topliss-reactive ketones (excluding diaryl/α,β-unsaturated/α-hetero) is 1. The van der Waals surface area contributed by atoms with Crippen LogP contribution >= 0.6 is 0 Å². The number of alkyl halides is 2. The molecule has 1 aliphatic heterocycles. The molecule has 0 radical (unpaired) electrons. The Bertz CT molecular complexity index is 1010. The first-order valence-corrected chi connectivity index (χ1v) is 12.3. The Hall–Kier alpha value is -3.11. The predicted molar refractivity (Wildman–Crippen MR) is 130 cm³/mol. The van der Waals surface area contributed by atoms with E-state index in [9.17, 15) is 38.5 Å². The number of terminal acetylenes is 1. The number of anilines is 1. The van der Waals surface area contributed by atoms with Gasteiger partial charge in [0.2, 0.25) is 12.2 Å². The third kappa shape index (κ3) is 8.46. The lowest BCUT2D eigenvalue weighted by Gasteiger charge is -2.38. The fraction of sp³-hybridized carbons (Fsp3) is 0.577. The van der Waals surface area contributed by atoms with Gasteiger partial charge >= 0.3 is 5.97 Å². The zero-order chi connectivity index (χ0) is 28.4. The zero-order valence-electron chi connectivity index (χ0n) is 20.9. The van der Waals surface area contributed by atoms with Gasteiger partial charge in [-0.25, -0.2) is 13.6 Å². The van der Waals surface area contributed by atoms with Crippen molar-refractivity contribution in [2.24, 2.45) is 5.92 Å². The third-order valence-corrected chi connectivity index (χ3v) is 6.09. The minimum absolute atomic E-state index is 0.0226. The minimum Gasteiger partial charge on any atom is -0.479 e. The van der Waals surface area contributed by atoms with E-state index in [1.807, 2.05) is 6.92 Å². The fourth-order valence-corrected chi connectivity index (χ4v) is 3.95. The lowest BCUT2D eigenvalue weighted by atomic mass is 9.95. The maximum absolute atomic E-state index is 13.8. The SMILES string of the molecule is C#CCC(CC(=O)CCCCCC)C(=O)Nc1ccc(OC2OC(C(=O)O)C(O)C(O)C2O)c(C(F)F)c1. The van der Waals surface area contributed by atoms with Crippen LogP contribution in [-0.4, -0.2) is 68.8 Å². The molecule has 0 aromatic heterocycles. The van der Waals surface area contributed by atoms with Crippen molar-refractivity contribution in [3.63, 3.8) is 0 Å². The number of carbonyl (C=O) groups excluding carboxylic acids is 2. The molecule has 0 bridgehead atoms. The monoisotopic (exact) mass is 541 g/mol. The van der Waals surface area contributed by atoms with E-state index >= 15 is 0 Å². The molecule has 2 rings (SSSR count). The molecule has 6 unspecified atom stereocenters. The van der Waals surface area contributed by atoms with E-state index in [0.29, 0.717) is 12.8 Å². The van der Waals surface area contributed by atoms with Gasteiger partial charge in [0.15, 0.2) is 6.10 Å². The molecule has 1 amide bonds. The van der Waals surface area contributed by atoms with Crippen molar-refractivity contribution in [3.05, 3.63) is 23.8 Å². The number of carboxylic acids is 1. The van der Waals surface area contributed by atoms with Crippen molar-refractivity contribution in [1.29, 1.82) is 0 Å². The first kappa shape index (κ1) is 31.1. The van der Waals surface area contributed by atoms with Gasteiger partial charge in [0.25, 0.3) is 6.43 Å². The number of ketones is 1.